The number of carbonyl (C=O) groups excluding carboxylic acids is 1. The molecule has 1 aromatic carbocycles. The summed E-state index contributed by atoms with van der Waals surface area (Å²) in [6.07, 6.45) is -0.555. The van der Waals surface area contributed by atoms with Crippen LogP contribution in [0.4, 0.5) is 19.0 Å². The highest BCUT2D eigenvalue weighted by Gasteiger charge is 2.31. The molecule has 0 saturated heterocycles. The van der Waals surface area contributed by atoms with Gasteiger partial charge in [-0.1, -0.05) is 18.2 Å². The van der Waals surface area contributed by atoms with E-state index < -0.39 is 17.7 Å². The van der Waals surface area contributed by atoms with Gasteiger partial charge in [0.05, 0.1) is 22.9 Å². The van der Waals surface area contributed by atoms with E-state index >= 15 is 0 Å². The van der Waals surface area contributed by atoms with Gasteiger partial charge in [-0.2, -0.15) is 18.3 Å². The third kappa shape index (κ3) is 3.62. The third-order valence-electron chi connectivity index (χ3n) is 4.84. The minimum Gasteiger partial charge on any atom is -0.309 e. The van der Waals surface area contributed by atoms with Crippen LogP contribution in [0.3, 0.4) is 0 Å². The minimum atomic E-state index is -4.42. The summed E-state index contributed by atoms with van der Waals surface area (Å²) in [4.78, 5) is 17.3. The molecular formula is C20H17F3N4O. The predicted octanol–water partition coefficient (Wildman–Crippen LogP) is 4.55. The van der Waals surface area contributed by atoms with Gasteiger partial charge < -0.3 is 5.32 Å². The molecule has 1 aliphatic carbocycles. The van der Waals surface area contributed by atoms with Crippen molar-refractivity contribution in [3.05, 3.63) is 65.5 Å². The number of fused-ring (bicyclic) bond motifs is 1. The topological polar surface area (TPSA) is 70.7 Å². The summed E-state index contributed by atoms with van der Waals surface area (Å²) in [7, 11) is 0. The van der Waals surface area contributed by atoms with E-state index in [0.717, 1.165) is 30.5 Å². The molecule has 28 heavy (non-hydrogen) atoms. The first-order valence-electron chi connectivity index (χ1n) is 8.90. The number of nitrogens with one attached hydrogen (secondary N) is 2. The highest BCUT2D eigenvalue weighted by molar-refractivity contribution is 5.95. The monoisotopic (exact) mass is 386 g/mol. The standard InChI is InChI=1S/C20H17F3N4O/c21-20(22,23)14-5-1-4-13(11-14)16-8-7-12-3-2-6-15(18(12)25-16)19(28)26-17-9-10-24-27-17/h1,4-5,7-11,15H,2-3,6H2,(H2,24,26,27,28). The van der Waals surface area contributed by atoms with Crippen LogP contribution in [-0.2, 0) is 17.4 Å². The first-order valence-corrected chi connectivity index (χ1v) is 8.90. The van der Waals surface area contributed by atoms with E-state index in [0.29, 0.717) is 29.2 Å². The van der Waals surface area contributed by atoms with Crippen LogP contribution in [0.2, 0.25) is 0 Å². The first kappa shape index (κ1) is 18.2. The van der Waals surface area contributed by atoms with Gasteiger partial charge in [-0.3, -0.25) is 14.9 Å². The summed E-state index contributed by atoms with van der Waals surface area (Å²) in [6, 6.07) is 10.3. The number of hydrogen-bond donors (Lipinski definition) is 2. The number of aromatic nitrogens is 3. The maximum Gasteiger partial charge on any atom is 0.416 e. The van der Waals surface area contributed by atoms with Gasteiger partial charge in [-0.25, -0.2) is 0 Å². The Morgan fingerprint density at radius 1 is 1.18 bits per heavy atom. The maximum absolute atomic E-state index is 13.0. The summed E-state index contributed by atoms with van der Waals surface area (Å²) >= 11 is 0. The van der Waals surface area contributed by atoms with Crippen molar-refractivity contribution >= 4 is 11.7 Å². The maximum atomic E-state index is 13.0. The molecule has 1 atom stereocenters. The van der Waals surface area contributed by atoms with Gasteiger partial charge in [0.25, 0.3) is 0 Å². The minimum absolute atomic E-state index is 0.221. The molecule has 144 valence electrons. The van der Waals surface area contributed by atoms with Crippen LogP contribution < -0.4 is 5.32 Å². The zero-order chi connectivity index (χ0) is 19.7. The molecule has 0 aliphatic heterocycles. The summed E-state index contributed by atoms with van der Waals surface area (Å²) in [5.41, 5.74) is 1.63. The fourth-order valence-electron chi connectivity index (χ4n) is 3.46. The SMILES string of the molecule is O=C(Nc1cc[nH]n1)C1CCCc2ccc(-c3cccc(C(F)(F)F)c3)nc21. The highest BCUT2D eigenvalue weighted by atomic mass is 19.4. The lowest BCUT2D eigenvalue weighted by molar-refractivity contribution is -0.137. The van der Waals surface area contributed by atoms with Crippen molar-refractivity contribution in [1.29, 1.82) is 0 Å². The fraction of sp³-hybridized carbons (Fsp3) is 0.250. The average molecular weight is 386 g/mol. The quantitative estimate of drug-likeness (QED) is 0.694. The Bertz CT molecular complexity index is 999. The van der Waals surface area contributed by atoms with E-state index in [1.165, 1.54) is 6.07 Å². The molecule has 0 fully saturated rings. The number of H-pyrrole nitrogens is 1. The number of carbonyl (C=O) groups is 1. The molecule has 2 heterocycles. The van der Waals surface area contributed by atoms with Gasteiger partial charge in [0.2, 0.25) is 5.91 Å². The Labute approximate surface area is 159 Å². The molecule has 1 aliphatic rings. The Kier molecular flexibility index (Phi) is 4.62. The molecule has 0 spiro atoms. The summed E-state index contributed by atoms with van der Waals surface area (Å²) in [6.45, 7) is 0. The third-order valence-corrected chi connectivity index (χ3v) is 4.84. The normalized spacial score (nSPS) is 16.5. The molecule has 4 rings (SSSR count). The largest absolute Gasteiger partial charge is 0.416 e. The lowest BCUT2D eigenvalue weighted by atomic mass is 9.85. The summed E-state index contributed by atoms with van der Waals surface area (Å²) < 4.78 is 39.1. The zero-order valence-electron chi connectivity index (χ0n) is 14.8. The van der Waals surface area contributed by atoms with Crippen LogP contribution in [0.25, 0.3) is 11.3 Å². The van der Waals surface area contributed by atoms with E-state index in [9.17, 15) is 18.0 Å². The fourth-order valence-corrected chi connectivity index (χ4v) is 3.46. The predicted molar refractivity (Wildman–Crippen MR) is 97.6 cm³/mol. The van der Waals surface area contributed by atoms with Gasteiger partial charge in [0.15, 0.2) is 5.82 Å². The van der Waals surface area contributed by atoms with Crippen molar-refractivity contribution in [2.75, 3.05) is 5.32 Å². The lowest BCUT2D eigenvalue weighted by Gasteiger charge is -2.24. The Morgan fingerprint density at radius 3 is 2.79 bits per heavy atom. The van der Waals surface area contributed by atoms with Gasteiger partial charge in [0.1, 0.15) is 0 Å². The van der Waals surface area contributed by atoms with Crippen molar-refractivity contribution in [2.24, 2.45) is 0 Å². The second-order valence-electron chi connectivity index (χ2n) is 6.71. The van der Waals surface area contributed by atoms with Crippen molar-refractivity contribution in [1.82, 2.24) is 15.2 Å². The molecule has 1 unspecified atom stereocenters. The van der Waals surface area contributed by atoms with Gasteiger partial charge in [-0.15, -0.1) is 0 Å². The molecular weight excluding hydrogens is 369 g/mol. The molecule has 0 bridgehead atoms. The summed E-state index contributed by atoms with van der Waals surface area (Å²) in [5, 5.41) is 9.30. The molecule has 2 N–H and O–H groups in total. The summed E-state index contributed by atoms with van der Waals surface area (Å²) in [5.74, 6) is -0.265. The number of aryl methyl sites for hydroxylation is 1. The van der Waals surface area contributed by atoms with Crippen LogP contribution in [0, 0.1) is 0 Å². The smallest absolute Gasteiger partial charge is 0.309 e. The van der Waals surface area contributed by atoms with Crippen molar-refractivity contribution < 1.29 is 18.0 Å². The van der Waals surface area contributed by atoms with Crippen LogP contribution in [-0.4, -0.2) is 21.1 Å². The molecule has 8 heteroatoms. The number of rotatable bonds is 3. The highest BCUT2D eigenvalue weighted by Crippen LogP contribution is 2.35. The number of benzene rings is 1. The van der Waals surface area contributed by atoms with Crippen LogP contribution in [0.15, 0.2) is 48.7 Å². The van der Waals surface area contributed by atoms with Crippen molar-refractivity contribution in [3.63, 3.8) is 0 Å². The lowest BCUT2D eigenvalue weighted by Crippen LogP contribution is -2.26. The number of halogens is 3. The molecule has 0 radical (unpaired) electrons. The van der Waals surface area contributed by atoms with Crippen LogP contribution in [0.5, 0.6) is 0 Å². The van der Waals surface area contributed by atoms with E-state index in [2.05, 4.69) is 20.5 Å². The number of amides is 1. The average Bonchev–Trinajstić information content (AvgIpc) is 3.19. The van der Waals surface area contributed by atoms with Crippen molar-refractivity contribution in [3.8, 4) is 11.3 Å². The first-order chi connectivity index (χ1) is 13.4. The van der Waals surface area contributed by atoms with Gasteiger partial charge in [0, 0.05) is 17.8 Å². The second kappa shape index (κ2) is 7.10. The molecule has 3 aromatic rings. The number of pyridine rings is 1. The number of aromatic amines is 1. The Morgan fingerprint density at radius 2 is 2.04 bits per heavy atom. The van der Waals surface area contributed by atoms with E-state index in [1.54, 1.807) is 24.4 Å². The van der Waals surface area contributed by atoms with Crippen LogP contribution in [0.1, 0.15) is 35.6 Å². The molecule has 0 saturated carbocycles. The Hall–Kier alpha value is -3.16. The molecule has 1 amide bonds. The van der Waals surface area contributed by atoms with E-state index in [4.69, 9.17) is 0 Å². The van der Waals surface area contributed by atoms with Crippen molar-refractivity contribution in [2.45, 2.75) is 31.4 Å². The van der Waals surface area contributed by atoms with Gasteiger partial charge >= 0.3 is 6.18 Å². The number of nitrogens with zero attached hydrogens (tertiary/aromatic N) is 2. The van der Waals surface area contributed by atoms with E-state index in [-0.39, 0.29) is 5.91 Å². The zero-order valence-corrected chi connectivity index (χ0v) is 14.8. The van der Waals surface area contributed by atoms with Gasteiger partial charge in [-0.05, 0) is 43.0 Å². The number of alkyl halides is 3. The Balaban J connectivity index is 1.67. The molecule has 2 aromatic heterocycles. The second-order valence-corrected chi connectivity index (χ2v) is 6.71. The van der Waals surface area contributed by atoms with Crippen LogP contribution >= 0.6 is 0 Å². The molecule has 5 nitrogen and oxygen atoms in total. The number of anilines is 1. The van der Waals surface area contributed by atoms with E-state index in [1.807, 2.05) is 6.07 Å². The number of hydrogen-bond acceptors (Lipinski definition) is 3.